The fourth-order valence-corrected chi connectivity index (χ4v) is 8.07. The van der Waals surface area contributed by atoms with Crippen molar-refractivity contribution in [3.63, 3.8) is 0 Å². The van der Waals surface area contributed by atoms with Gasteiger partial charge in [0.15, 0.2) is 0 Å². The maximum atomic E-state index is 13.1. The molecule has 2 N–H and O–H groups in total. The molecule has 1 fully saturated rings. The van der Waals surface area contributed by atoms with E-state index in [9.17, 15) is 21.6 Å². The van der Waals surface area contributed by atoms with E-state index in [1.165, 1.54) is 46.8 Å². The Bertz CT molecular complexity index is 1560. The zero-order valence-electron chi connectivity index (χ0n) is 20.2. The largest absolute Gasteiger partial charge is 0.326 e. The van der Waals surface area contributed by atoms with Gasteiger partial charge < -0.3 is 5.32 Å². The molecule has 1 saturated heterocycles. The Morgan fingerprint density at radius 1 is 0.872 bits per heavy atom. The lowest BCUT2D eigenvalue weighted by Crippen LogP contribution is -2.44. The van der Waals surface area contributed by atoms with E-state index in [1.54, 1.807) is 18.2 Å². The predicted molar refractivity (Wildman–Crippen MR) is 156 cm³/mol. The van der Waals surface area contributed by atoms with Crippen LogP contribution >= 0.6 is 46.4 Å². The molecule has 0 saturated carbocycles. The number of carbonyl (C=O) groups excluding carboxylic acids is 1. The summed E-state index contributed by atoms with van der Waals surface area (Å²) in [6.07, 6.45) is 1.01. The lowest BCUT2D eigenvalue weighted by Gasteiger charge is -2.31. The molecule has 3 aromatic rings. The van der Waals surface area contributed by atoms with Gasteiger partial charge in [0.2, 0.25) is 15.9 Å². The van der Waals surface area contributed by atoms with Crippen LogP contribution in [0.4, 0.5) is 11.4 Å². The first-order chi connectivity index (χ1) is 18.3. The minimum atomic E-state index is -3.94. The van der Waals surface area contributed by atoms with Crippen molar-refractivity contribution in [1.82, 2.24) is 4.31 Å². The van der Waals surface area contributed by atoms with E-state index in [1.807, 2.05) is 0 Å². The highest BCUT2D eigenvalue weighted by Crippen LogP contribution is 2.30. The summed E-state index contributed by atoms with van der Waals surface area (Å²) in [6, 6.07) is 14.7. The number of anilines is 2. The highest BCUT2D eigenvalue weighted by atomic mass is 35.5. The lowest BCUT2D eigenvalue weighted by atomic mass is 9.99. The number of hydrogen-bond acceptors (Lipinski definition) is 5. The van der Waals surface area contributed by atoms with E-state index >= 15 is 0 Å². The van der Waals surface area contributed by atoms with Crippen molar-refractivity contribution in [3.05, 3.63) is 86.3 Å². The van der Waals surface area contributed by atoms with Gasteiger partial charge in [0.25, 0.3) is 10.0 Å². The van der Waals surface area contributed by atoms with E-state index in [0.29, 0.717) is 24.1 Å². The number of amides is 1. The molecule has 1 atom stereocenters. The average molecular weight is 651 g/mol. The molecule has 14 heteroatoms. The van der Waals surface area contributed by atoms with Gasteiger partial charge in [-0.1, -0.05) is 52.5 Å². The van der Waals surface area contributed by atoms with Crippen LogP contribution in [0.25, 0.3) is 0 Å². The first-order valence-corrected chi connectivity index (χ1v) is 16.2. The first-order valence-electron chi connectivity index (χ1n) is 11.6. The van der Waals surface area contributed by atoms with Crippen molar-refractivity contribution < 1.29 is 21.6 Å². The summed E-state index contributed by atoms with van der Waals surface area (Å²) in [5.41, 5.74) is 0.890. The molecule has 4 rings (SSSR count). The second-order valence-corrected chi connectivity index (χ2v) is 14.3. The SMILES string of the molecule is O=C(Nc1ccc(S(=O)(=O)Nc2cc(Cl)cc(Cl)c2)cc1)C1CCCN(S(=O)(=O)Cc2c(Cl)cccc2Cl)C1. The lowest BCUT2D eigenvalue weighted by molar-refractivity contribution is -0.120. The molecule has 1 aliphatic heterocycles. The fourth-order valence-electron chi connectivity index (χ4n) is 4.14. The van der Waals surface area contributed by atoms with E-state index < -0.39 is 26.0 Å². The van der Waals surface area contributed by atoms with E-state index in [2.05, 4.69) is 10.0 Å². The predicted octanol–water partition coefficient (Wildman–Crippen LogP) is 6.28. The van der Waals surface area contributed by atoms with Crippen LogP contribution in [0, 0.1) is 5.92 Å². The molecule has 1 heterocycles. The summed E-state index contributed by atoms with van der Waals surface area (Å²) in [7, 11) is -7.72. The Balaban J connectivity index is 1.40. The number of sulfonamides is 2. The molecule has 1 amide bonds. The smallest absolute Gasteiger partial charge is 0.261 e. The van der Waals surface area contributed by atoms with Crippen molar-refractivity contribution >= 4 is 83.7 Å². The van der Waals surface area contributed by atoms with Gasteiger partial charge in [-0.15, -0.1) is 0 Å². The Morgan fingerprint density at radius 2 is 1.49 bits per heavy atom. The number of carbonyl (C=O) groups is 1. The number of nitrogens with zero attached hydrogens (tertiary/aromatic N) is 1. The van der Waals surface area contributed by atoms with Gasteiger partial charge in [0.1, 0.15) is 0 Å². The maximum absolute atomic E-state index is 13.1. The number of halogens is 4. The van der Waals surface area contributed by atoms with Crippen LogP contribution in [0.1, 0.15) is 18.4 Å². The monoisotopic (exact) mass is 649 g/mol. The number of nitrogens with one attached hydrogen (secondary N) is 2. The van der Waals surface area contributed by atoms with Crippen LogP contribution in [-0.4, -0.2) is 40.1 Å². The van der Waals surface area contributed by atoms with E-state index in [0.717, 1.165) is 0 Å². The molecular formula is C25H23Cl4N3O5S2. The minimum Gasteiger partial charge on any atom is -0.326 e. The van der Waals surface area contributed by atoms with Gasteiger partial charge in [-0.3, -0.25) is 9.52 Å². The summed E-state index contributed by atoms with van der Waals surface area (Å²) in [6.45, 7) is 0.292. The molecule has 0 aliphatic carbocycles. The van der Waals surface area contributed by atoms with Gasteiger partial charge in [-0.25, -0.2) is 21.1 Å². The van der Waals surface area contributed by atoms with Gasteiger partial charge in [0, 0.05) is 44.4 Å². The fraction of sp³-hybridized carbons (Fsp3) is 0.240. The molecule has 8 nitrogen and oxygen atoms in total. The van der Waals surface area contributed by atoms with Crippen molar-refractivity contribution in [3.8, 4) is 0 Å². The molecule has 3 aromatic carbocycles. The third kappa shape index (κ3) is 7.58. The summed E-state index contributed by atoms with van der Waals surface area (Å²) >= 11 is 24.2. The van der Waals surface area contributed by atoms with Crippen LogP contribution in [0.2, 0.25) is 20.1 Å². The van der Waals surface area contributed by atoms with Crippen LogP contribution in [0.15, 0.2) is 65.6 Å². The van der Waals surface area contributed by atoms with E-state index in [4.69, 9.17) is 46.4 Å². The van der Waals surface area contributed by atoms with Gasteiger partial charge in [0.05, 0.1) is 22.3 Å². The molecule has 0 bridgehead atoms. The van der Waals surface area contributed by atoms with Crippen LogP contribution in [0.5, 0.6) is 0 Å². The number of rotatable bonds is 8. The average Bonchev–Trinajstić information content (AvgIpc) is 2.86. The standard InChI is InChI=1S/C25H23Cl4N3O5S2/c26-17-11-18(27)13-20(12-17)31-39(36,37)21-8-6-19(7-9-21)30-25(33)16-3-2-10-32(14-16)38(34,35)15-22-23(28)4-1-5-24(22)29/h1,4-9,11-13,16,31H,2-3,10,14-15H2,(H,30,33). The van der Waals surface area contributed by atoms with Crippen LogP contribution in [-0.2, 0) is 30.6 Å². The minimum absolute atomic E-state index is 0.00875. The van der Waals surface area contributed by atoms with Gasteiger partial charge >= 0.3 is 0 Å². The molecular weight excluding hydrogens is 628 g/mol. The molecule has 0 radical (unpaired) electrons. The summed E-state index contributed by atoms with van der Waals surface area (Å²) in [4.78, 5) is 12.9. The topological polar surface area (TPSA) is 113 Å². The quantitative estimate of drug-likeness (QED) is 0.298. The highest BCUT2D eigenvalue weighted by molar-refractivity contribution is 7.92. The Labute approximate surface area is 247 Å². The third-order valence-electron chi connectivity index (χ3n) is 6.08. The third-order valence-corrected chi connectivity index (χ3v) is 10.4. The van der Waals surface area contributed by atoms with Crippen LogP contribution in [0.3, 0.4) is 0 Å². The molecule has 1 unspecified atom stereocenters. The van der Waals surface area contributed by atoms with E-state index in [-0.39, 0.29) is 55.4 Å². The van der Waals surface area contributed by atoms with Gasteiger partial charge in [-0.2, -0.15) is 0 Å². The second-order valence-electron chi connectivity index (χ2n) is 8.93. The van der Waals surface area contributed by atoms with Crippen LogP contribution < -0.4 is 10.0 Å². The second kappa shape index (κ2) is 12.2. The zero-order valence-corrected chi connectivity index (χ0v) is 24.9. The van der Waals surface area contributed by atoms with Crippen molar-refractivity contribution in [2.24, 2.45) is 5.92 Å². The number of piperidine rings is 1. The Hall–Kier alpha value is -2.05. The number of hydrogen-bond donors (Lipinski definition) is 2. The summed E-state index contributed by atoms with van der Waals surface area (Å²) in [5, 5.41) is 3.82. The Morgan fingerprint density at radius 3 is 2.10 bits per heavy atom. The van der Waals surface area contributed by atoms with Crippen molar-refractivity contribution in [2.45, 2.75) is 23.5 Å². The zero-order chi connectivity index (χ0) is 28.4. The molecule has 0 spiro atoms. The molecule has 0 aromatic heterocycles. The number of benzene rings is 3. The summed E-state index contributed by atoms with van der Waals surface area (Å²) < 4.78 is 55.3. The first kappa shape index (κ1) is 29.9. The molecule has 39 heavy (non-hydrogen) atoms. The highest BCUT2D eigenvalue weighted by Gasteiger charge is 2.33. The normalized spacial score (nSPS) is 16.6. The summed E-state index contributed by atoms with van der Waals surface area (Å²) in [5.74, 6) is -1.33. The van der Waals surface area contributed by atoms with Gasteiger partial charge in [-0.05, 0) is 67.4 Å². The Kier molecular flexibility index (Phi) is 9.37. The molecule has 1 aliphatic rings. The molecule has 208 valence electrons. The van der Waals surface area contributed by atoms with Crippen molar-refractivity contribution in [1.29, 1.82) is 0 Å². The van der Waals surface area contributed by atoms with Crippen molar-refractivity contribution in [2.75, 3.05) is 23.1 Å². The maximum Gasteiger partial charge on any atom is 0.261 e.